The van der Waals surface area contributed by atoms with E-state index in [0.29, 0.717) is 38.4 Å². The number of halogens is 5. The Morgan fingerprint density at radius 3 is 2.49 bits per heavy atom. The molecule has 0 spiro atoms. The van der Waals surface area contributed by atoms with E-state index in [1.165, 1.54) is 19.2 Å². The van der Waals surface area contributed by atoms with E-state index < -0.39 is 34.9 Å². The minimum Gasteiger partial charge on any atom is -0.463 e. The lowest BCUT2D eigenvalue weighted by atomic mass is 9.95. The van der Waals surface area contributed by atoms with Crippen LogP contribution in [0.5, 0.6) is 11.8 Å². The van der Waals surface area contributed by atoms with Crippen LogP contribution in [0, 0.1) is 24.0 Å². The number of hydrogen-bond acceptors (Lipinski definition) is 8. The molecule has 1 aliphatic carbocycles. The Hall–Kier alpha value is -3.78. The second kappa shape index (κ2) is 12.2. The number of aromatic amines is 1. The van der Waals surface area contributed by atoms with Gasteiger partial charge in [-0.05, 0) is 50.8 Å². The molecule has 14 heteroatoms. The molecule has 6 rings (SSSR count). The smallest absolute Gasteiger partial charge is 0.463 e. The zero-order valence-electron chi connectivity index (χ0n) is 25.4. The maximum Gasteiger partial charge on any atom is 0.573 e. The lowest BCUT2D eigenvalue weighted by Crippen LogP contribution is -2.41. The van der Waals surface area contributed by atoms with Crippen molar-refractivity contribution in [2.45, 2.75) is 46.4 Å². The summed E-state index contributed by atoms with van der Waals surface area (Å²) in [5, 5.41) is 6.70. The lowest BCUT2D eigenvalue weighted by Gasteiger charge is -2.30. The molecule has 0 unspecified atom stereocenters. The summed E-state index contributed by atoms with van der Waals surface area (Å²) in [6, 6.07) is 2.36. The zero-order valence-corrected chi connectivity index (χ0v) is 25.4. The highest BCUT2D eigenvalue weighted by Gasteiger charge is 2.45. The van der Waals surface area contributed by atoms with E-state index in [1.54, 1.807) is 0 Å². The molecule has 0 atom stereocenters. The number of rotatable bonds is 11. The van der Waals surface area contributed by atoms with Crippen molar-refractivity contribution in [3.8, 4) is 22.9 Å². The number of hydrogen-bond donors (Lipinski definition) is 1. The van der Waals surface area contributed by atoms with Crippen LogP contribution in [0.3, 0.4) is 0 Å². The molecule has 2 fully saturated rings. The van der Waals surface area contributed by atoms with Crippen LogP contribution in [0.1, 0.15) is 38.7 Å². The molecule has 3 heterocycles. The molecule has 242 valence electrons. The van der Waals surface area contributed by atoms with Gasteiger partial charge >= 0.3 is 12.4 Å². The highest BCUT2D eigenvalue weighted by Crippen LogP contribution is 2.48. The molecule has 1 N–H and O–H groups in total. The van der Waals surface area contributed by atoms with E-state index in [-0.39, 0.29) is 39.1 Å². The van der Waals surface area contributed by atoms with Crippen molar-refractivity contribution in [1.82, 2.24) is 25.1 Å². The Balaban J connectivity index is 1.48. The first kappa shape index (κ1) is 31.2. The van der Waals surface area contributed by atoms with Crippen LogP contribution in [-0.2, 0) is 4.74 Å². The topological polar surface area (TPSA) is 88.6 Å². The van der Waals surface area contributed by atoms with E-state index in [2.05, 4.69) is 29.8 Å². The first-order chi connectivity index (χ1) is 21.5. The molecule has 45 heavy (non-hydrogen) atoms. The number of morpholine rings is 1. The molecule has 1 saturated carbocycles. The van der Waals surface area contributed by atoms with Gasteiger partial charge in [0.05, 0.1) is 37.1 Å². The summed E-state index contributed by atoms with van der Waals surface area (Å²) < 4.78 is 89.4. The number of alkyl halides is 3. The number of ether oxygens (including phenoxy) is 3. The van der Waals surface area contributed by atoms with E-state index in [9.17, 15) is 13.2 Å². The first-order valence-corrected chi connectivity index (χ1v) is 15.1. The van der Waals surface area contributed by atoms with Crippen LogP contribution < -0.4 is 14.4 Å². The van der Waals surface area contributed by atoms with Gasteiger partial charge in [-0.1, -0.05) is 6.92 Å². The van der Waals surface area contributed by atoms with Crippen LogP contribution in [0.2, 0.25) is 0 Å². The molecule has 2 aromatic heterocycles. The third kappa shape index (κ3) is 6.35. The van der Waals surface area contributed by atoms with Crippen molar-refractivity contribution in [3.63, 3.8) is 0 Å². The lowest BCUT2D eigenvalue weighted by molar-refractivity contribution is -0.274. The number of anilines is 1. The minimum absolute atomic E-state index is 0.0143. The van der Waals surface area contributed by atoms with Gasteiger partial charge in [-0.3, -0.25) is 10.00 Å². The van der Waals surface area contributed by atoms with Crippen molar-refractivity contribution >= 4 is 27.6 Å². The largest absolute Gasteiger partial charge is 0.573 e. The van der Waals surface area contributed by atoms with Crippen molar-refractivity contribution in [3.05, 3.63) is 35.5 Å². The maximum absolute atomic E-state index is 16.7. The standard InChI is InChI=1S/C31H35F5N6O3/c1-4-8-42(5-2)28-19-14-21(32)24(23-20-15-37-40-22(20)13-18(3)27(23)45-31(34,35)36)25(33)26(19)38-29(39-28)44-17-30(6-7-30)16-41-9-11-43-12-10-41/h13-15H,4-12,16-17H2,1-3H3,(H,37,40). The van der Waals surface area contributed by atoms with Gasteiger partial charge in [-0.15, -0.1) is 13.2 Å². The van der Waals surface area contributed by atoms with Gasteiger partial charge in [0.25, 0.3) is 0 Å². The quantitative estimate of drug-likeness (QED) is 0.190. The Morgan fingerprint density at radius 2 is 1.82 bits per heavy atom. The Kier molecular flexibility index (Phi) is 8.46. The number of aromatic nitrogens is 4. The van der Waals surface area contributed by atoms with Gasteiger partial charge in [0, 0.05) is 54.5 Å². The predicted octanol–water partition coefficient (Wildman–Crippen LogP) is 6.39. The van der Waals surface area contributed by atoms with Gasteiger partial charge in [0.15, 0.2) is 5.82 Å². The van der Waals surface area contributed by atoms with E-state index in [4.69, 9.17) is 9.47 Å². The molecule has 1 saturated heterocycles. The fourth-order valence-electron chi connectivity index (χ4n) is 6.06. The van der Waals surface area contributed by atoms with Crippen LogP contribution in [0.15, 0.2) is 18.3 Å². The summed E-state index contributed by atoms with van der Waals surface area (Å²) >= 11 is 0. The SMILES string of the molecule is CCCN(CC)c1nc(OCC2(CN3CCOCC3)CC2)nc2c(F)c(-c3c(OC(F)(F)F)c(C)cc4[nH]ncc34)c(F)cc12. The summed E-state index contributed by atoms with van der Waals surface area (Å²) in [5.74, 6) is -2.68. The highest BCUT2D eigenvalue weighted by molar-refractivity contribution is 6.02. The van der Waals surface area contributed by atoms with E-state index in [1.807, 2.05) is 18.7 Å². The summed E-state index contributed by atoms with van der Waals surface area (Å²) in [4.78, 5) is 13.2. The fraction of sp³-hybridized carbons (Fsp3) is 0.516. The molecule has 0 radical (unpaired) electrons. The molecular formula is C31H35F5N6O3. The molecule has 2 aliphatic rings. The Morgan fingerprint density at radius 1 is 1.07 bits per heavy atom. The normalized spacial score (nSPS) is 16.8. The van der Waals surface area contributed by atoms with Crippen molar-refractivity contribution in [1.29, 1.82) is 0 Å². The molecule has 1 aliphatic heterocycles. The van der Waals surface area contributed by atoms with Crippen LogP contribution in [0.25, 0.3) is 32.9 Å². The zero-order chi connectivity index (χ0) is 31.9. The molecule has 9 nitrogen and oxygen atoms in total. The van der Waals surface area contributed by atoms with E-state index >= 15 is 8.78 Å². The third-order valence-corrected chi connectivity index (χ3v) is 8.50. The van der Waals surface area contributed by atoms with Gasteiger partial charge in [-0.2, -0.15) is 15.1 Å². The molecule has 0 amide bonds. The van der Waals surface area contributed by atoms with Crippen molar-refractivity contribution in [2.75, 3.05) is 57.4 Å². The molecule has 0 bridgehead atoms. The maximum atomic E-state index is 16.7. The fourth-order valence-corrected chi connectivity index (χ4v) is 6.06. The number of nitrogens with zero attached hydrogens (tertiary/aromatic N) is 5. The molecule has 2 aromatic carbocycles. The van der Waals surface area contributed by atoms with Crippen LogP contribution in [-0.4, -0.2) is 84.0 Å². The third-order valence-electron chi connectivity index (χ3n) is 8.50. The van der Waals surface area contributed by atoms with Crippen molar-refractivity contribution < 1.29 is 36.2 Å². The highest BCUT2D eigenvalue weighted by atomic mass is 19.4. The molecule has 4 aromatic rings. The van der Waals surface area contributed by atoms with Crippen molar-refractivity contribution in [2.24, 2.45) is 5.41 Å². The van der Waals surface area contributed by atoms with Gasteiger partial charge in [-0.25, -0.2) is 8.78 Å². The first-order valence-electron chi connectivity index (χ1n) is 15.1. The summed E-state index contributed by atoms with van der Waals surface area (Å²) in [7, 11) is 0. The Labute approximate surface area is 256 Å². The monoisotopic (exact) mass is 634 g/mol. The van der Waals surface area contributed by atoms with Crippen LogP contribution in [0.4, 0.5) is 27.8 Å². The molecular weight excluding hydrogens is 599 g/mol. The number of aryl methyl sites for hydroxylation is 1. The predicted molar refractivity (Wildman–Crippen MR) is 159 cm³/mol. The van der Waals surface area contributed by atoms with Gasteiger partial charge < -0.3 is 19.1 Å². The number of nitrogens with one attached hydrogen (secondary N) is 1. The minimum atomic E-state index is -5.11. The van der Waals surface area contributed by atoms with E-state index in [0.717, 1.165) is 45.0 Å². The van der Waals surface area contributed by atoms with Crippen LogP contribution >= 0.6 is 0 Å². The second-order valence-electron chi connectivity index (χ2n) is 11.8. The summed E-state index contributed by atoms with van der Waals surface area (Å²) in [6.07, 6.45) is -1.25. The average molecular weight is 635 g/mol. The number of H-pyrrole nitrogens is 1. The average Bonchev–Trinajstić information content (AvgIpc) is 3.60. The second-order valence-corrected chi connectivity index (χ2v) is 11.8. The summed E-state index contributed by atoms with van der Waals surface area (Å²) in [6.45, 7) is 10.4. The number of benzene rings is 2. The number of fused-ring (bicyclic) bond motifs is 2. The Bertz CT molecular complexity index is 1700. The summed E-state index contributed by atoms with van der Waals surface area (Å²) in [5.41, 5.74) is -1.18. The van der Waals surface area contributed by atoms with Gasteiger partial charge in [0.2, 0.25) is 0 Å². The van der Waals surface area contributed by atoms with Gasteiger partial charge in [0.1, 0.15) is 22.9 Å².